The number of hydrogen-bond acceptors (Lipinski definition) is 6. The van der Waals surface area contributed by atoms with Gasteiger partial charge in [-0.2, -0.15) is 0 Å². The molecule has 4 aliphatic heterocycles. The lowest BCUT2D eigenvalue weighted by molar-refractivity contribution is -0.136. The first kappa shape index (κ1) is 22.5. The van der Waals surface area contributed by atoms with Gasteiger partial charge in [-0.1, -0.05) is 24.6 Å². The van der Waals surface area contributed by atoms with Crippen molar-refractivity contribution in [2.24, 2.45) is 11.1 Å². The molecular weight excluding hydrogens is 420 g/mol. The van der Waals surface area contributed by atoms with E-state index in [2.05, 4.69) is 16.3 Å². The zero-order valence-corrected chi connectivity index (χ0v) is 19.2. The molecule has 33 heavy (non-hydrogen) atoms. The molecule has 2 atom stereocenters. The fourth-order valence-electron chi connectivity index (χ4n) is 6.37. The van der Waals surface area contributed by atoms with E-state index >= 15 is 0 Å². The molecular formula is C25H34N4O4. The fraction of sp³-hybridized carbons (Fsp3) is 0.640. The van der Waals surface area contributed by atoms with Gasteiger partial charge in [0.1, 0.15) is 6.04 Å². The van der Waals surface area contributed by atoms with Crippen molar-refractivity contribution in [3.63, 3.8) is 0 Å². The number of likely N-dealkylation sites (tertiary alicyclic amines) is 1. The Morgan fingerprint density at radius 2 is 1.94 bits per heavy atom. The van der Waals surface area contributed by atoms with E-state index in [1.165, 1.54) is 6.42 Å². The Bertz CT molecular complexity index is 942. The van der Waals surface area contributed by atoms with Crippen molar-refractivity contribution in [3.05, 3.63) is 34.9 Å². The van der Waals surface area contributed by atoms with Gasteiger partial charge in [0, 0.05) is 49.7 Å². The van der Waals surface area contributed by atoms with Crippen LogP contribution in [0.5, 0.6) is 0 Å². The molecule has 8 heteroatoms. The molecule has 2 unspecified atom stereocenters. The first-order chi connectivity index (χ1) is 16.0. The van der Waals surface area contributed by atoms with Crippen LogP contribution in [0.2, 0.25) is 0 Å². The van der Waals surface area contributed by atoms with Crippen LogP contribution < -0.4 is 11.1 Å². The minimum Gasteiger partial charge on any atom is -0.381 e. The van der Waals surface area contributed by atoms with Crippen LogP contribution >= 0.6 is 0 Å². The molecule has 5 rings (SSSR count). The number of benzene rings is 1. The van der Waals surface area contributed by atoms with Crippen molar-refractivity contribution in [1.29, 1.82) is 0 Å². The number of nitrogens with zero attached hydrogens (tertiary/aromatic N) is 2. The van der Waals surface area contributed by atoms with Crippen LogP contribution in [0.3, 0.4) is 0 Å². The van der Waals surface area contributed by atoms with Gasteiger partial charge in [0.15, 0.2) is 0 Å². The lowest BCUT2D eigenvalue weighted by Crippen LogP contribution is -2.55. The lowest BCUT2D eigenvalue weighted by Gasteiger charge is -2.50. The number of ether oxygens (including phenoxy) is 1. The Morgan fingerprint density at radius 1 is 1.12 bits per heavy atom. The molecule has 0 spiro atoms. The summed E-state index contributed by atoms with van der Waals surface area (Å²) in [5.74, 6) is -0.725. The predicted octanol–water partition coefficient (Wildman–Crippen LogP) is 1.56. The molecule has 8 nitrogen and oxygen atoms in total. The lowest BCUT2D eigenvalue weighted by atomic mass is 9.70. The SMILES string of the molecule is NCC1(C2CCCCN2Cc2cccc3c2C(=O)N(C2CCC(=O)NC2=O)C3)CCOCC1. The third-order valence-corrected chi connectivity index (χ3v) is 8.23. The Hall–Kier alpha value is -2.29. The van der Waals surface area contributed by atoms with Gasteiger partial charge < -0.3 is 15.4 Å². The van der Waals surface area contributed by atoms with Crippen LogP contribution in [-0.4, -0.2) is 65.9 Å². The second-order valence-corrected chi connectivity index (χ2v) is 10.0. The first-order valence-electron chi connectivity index (χ1n) is 12.3. The molecule has 0 aliphatic carbocycles. The molecule has 3 N–H and O–H groups in total. The third kappa shape index (κ3) is 4.09. The summed E-state index contributed by atoms with van der Waals surface area (Å²) >= 11 is 0. The minimum atomic E-state index is -0.582. The number of amides is 3. The molecule has 178 valence electrons. The quantitative estimate of drug-likeness (QED) is 0.655. The molecule has 3 fully saturated rings. The number of rotatable bonds is 5. The number of hydrogen-bond donors (Lipinski definition) is 2. The highest BCUT2D eigenvalue weighted by molar-refractivity contribution is 6.06. The van der Waals surface area contributed by atoms with Gasteiger partial charge in [0.25, 0.3) is 5.91 Å². The Labute approximate surface area is 194 Å². The van der Waals surface area contributed by atoms with E-state index in [0.29, 0.717) is 32.1 Å². The Morgan fingerprint density at radius 3 is 2.70 bits per heavy atom. The number of fused-ring (bicyclic) bond motifs is 1. The number of piperidine rings is 2. The summed E-state index contributed by atoms with van der Waals surface area (Å²) in [5.41, 5.74) is 9.16. The smallest absolute Gasteiger partial charge is 0.255 e. The summed E-state index contributed by atoms with van der Waals surface area (Å²) in [6.45, 7) is 4.32. The van der Waals surface area contributed by atoms with Crippen molar-refractivity contribution in [2.75, 3.05) is 26.3 Å². The van der Waals surface area contributed by atoms with Gasteiger partial charge in [-0.25, -0.2) is 0 Å². The molecule has 0 bridgehead atoms. The maximum Gasteiger partial charge on any atom is 0.255 e. The van der Waals surface area contributed by atoms with Gasteiger partial charge in [0.2, 0.25) is 11.8 Å². The second kappa shape index (κ2) is 9.16. The van der Waals surface area contributed by atoms with Crippen molar-refractivity contribution < 1.29 is 19.1 Å². The number of nitrogens with one attached hydrogen (secondary N) is 1. The maximum atomic E-state index is 13.5. The van der Waals surface area contributed by atoms with E-state index in [0.717, 1.165) is 62.1 Å². The highest BCUT2D eigenvalue weighted by atomic mass is 16.5. The monoisotopic (exact) mass is 454 g/mol. The second-order valence-electron chi connectivity index (χ2n) is 10.0. The van der Waals surface area contributed by atoms with Gasteiger partial charge in [-0.15, -0.1) is 0 Å². The number of nitrogens with two attached hydrogens (primary N) is 1. The van der Waals surface area contributed by atoms with Crippen LogP contribution in [0.4, 0.5) is 0 Å². The summed E-state index contributed by atoms with van der Waals surface area (Å²) in [6, 6.07) is 5.85. The molecule has 1 aromatic carbocycles. The van der Waals surface area contributed by atoms with Crippen molar-refractivity contribution in [3.8, 4) is 0 Å². The zero-order valence-electron chi connectivity index (χ0n) is 19.2. The molecule has 1 aromatic rings. The molecule has 4 aliphatic rings. The molecule has 3 amide bonds. The number of carbonyl (C=O) groups excluding carboxylic acids is 3. The summed E-state index contributed by atoms with van der Waals surface area (Å²) in [7, 11) is 0. The van der Waals surface area contributed by atoms with Crippen LogP contribution in [0.15, 0.2) is 18.2 Å². The molecule has 3 saturated heterocycles. The van der Waals surface area contributed by atoms with Crippen LogP contribution in [0.1, 0.15) is 66.4 Å². The van der Waals surface area contributed by atoms with E-state index in [1.807, 2.05) is 12.1 Å². The van der Waals surface area contributed by atoms with Crippen molar-refractivity contribution >= 4 is 17.7 Å². The summed E-state index contributed by atoms with van der Waals surface area (Å²) in [5, 5.41) is 2.38. The van der Waals surface area contributed by atoms with Gasteiger partial charge in [-0.3, -0.25) is 24.6 Å². The Kier molecular flexibility index (Phi) is 6.24. The van der Waals surface area contributed by atoms with E-state index in [-0.39, 0.29) is 29.6 Å². The number of carbonyl (C=O) groups is 3. The molecule has 0 saturated carbocycles. The van der Waals surface area contributed by atoms with Crippen molar-refractivity contribution in [2.45, 2.75) is 70.1 Å². The van der Waals surface area contributed by atoms with Gasteiger partial charge in [-0.05, 0) is 56.3 Å². The molecule has 0 radical (unpaired) electrons. The fourth-order valence-corrected chi connectivity index (χ4v) is 6.37. The zero-order chi connectivity index (χ0) is 23.0. The molecule has 4 heterocycles. The largest absolute Gasteiger partial charge is 0.381 e. The van der Waals surface area contributed by atoms with Crippen LogP contribution in [0.25, 0.3) is 0 Å². The summed E-state index contributed by atoms with van der Waals surface area (Å²) < 4.78 is 5.65. The van der Waals surface area contributed by atoms with Crippen LogP contribution in [-0.2, 0) is 27.4 Å². The van der Waals surface area contributed by atoms with Crippen LogP contribution in [0, 0.1) is 5.41 Å². The Balaban J connectivity index is 1.39. The van der Waals surface area contributed by atoms with E-state index in [4.69, 9.17) is 10.5 Å². The number of imide groups is 1. The summed E-state index contributed by atoms with van der Waals surface area (Å²) in [6.07, 6.45) is 6.11. The maximum absolute atomic E-state index is 13.5. The van der Waals surface area contributed by atoms with E-state index in [1.54, 1.807) is 4.90 Å². The molecule has 0 aromatic heterocycles. The normalized spacial score (nSPS) is 28.0. The third-order valence-electron chi connectivity index (χ3n) is 8.23. The van der Waals surface area contributed by atoms with Crippen molar-refractivity contribution in [1.82, 2.24) is 15.1 Å². The standard InChI is InChI=1S/C25H34N4O4/c26-16-25(9-12-33-13-10-25)20-6-1-2-11-28(20)14-17-4-3-5-18-15-29(24(32)22(17)18)19-7-8-21(30)27-23(19)31/h3-5,19-20H,1-2,6-16,26H2,(H,27,30,31). The first-order valence-corrected chi connectivity index (χ1v) is 12.3. The average Bonchev–Trinajstić information content (AvgIpc) is 3.17. The van der Waals surface area contributed by atoms with E-state index < -0.39 is 6.04 Å². The minimum absolute atomic E-state index is 0.0688. The highest BCUT2D eigenvalue weighted by Gasteiger charge is 2.44. The van der Waals surface area contributed by atoms with Gasteiger partial charge in [0.05, 0.1) is 0 Å². The topological polar surface area (TPSA) is 105 Å². The summed E-state index contributed by atoms with van der Waals surface area (Å²) in [4.78, 5) is 41.7. The van der Waals surface area contributed by atoms with E-state index in [9.17, 15) is 14.4 Å². The highest BCUT2D eigenvalue weighted by Crippen LogP contribution is 2.41. The predicted molar refractivity (Wildman–Crippen MR) is 122 cm³/mol. The average molecular weight is 455 g/mol. The van der Waals surface area contributed by atoms with Gasteiger partial charge >= 0.3 is 0 Å².